The van der Waals surface area contributed by atoms with Gasteiger partial charge in [0.25, 0.3) is 5.91 Å². The normalized spacial score (nSPS) is 16.6. The first-order chi connectivity index (χ1) is 13.5. The molecular formula is C24H32ClN2OY+. The fraction of sp³-hybridized carbons (Fsp3) is 0.458. The molecule has 5 heteroatoms. The van der Waals surface area contributed by atoms with Crippen molar-refractivity contribution in [3.05, 3.63) is 64.2 Å². The summed E-state index contributed by atoms with van der Waals surface area (Å²) in [6.07, 6.45) is 4.40. The van der Waals surface area contributed by atoms with Crippen LogP contribution in [0.5, 0.6) is 0 Å². The molecule has 153 valence electrons. The number of amides is 1. The molecular weight excluding hydrogens is 457 g/mol. The van der Waals surface area contributed by atoms with Gasteiger partial charge in [-0.1, -0.05) is 54.9 Å². The SMILES string of the molecule is CCC(C(=O)Nc1c(C)cccc1C)[N+]1(Cc2ccccc2Cl)CCCCC1.[Y]. The minimum atomic E-state index is -0.0735. The van der Waals surface area contributed by atoms with Crippen molar-refractivity contribution in [3.8, 4) is 0 Å². The predicted molar refractivity (Wildman–Crippen MR) is 118 cm³/mol. The molecule has 3 rings (SSSR count). The molecule has 1 amide bonds. The van der Waals surface area contributed by atoms with Gasteiger partial charge in [-0.25, -0.2) is 0 Å². The second-order valence-corrected chi connectivity index (χ2v) is 8.56. The topological polar surface area (TPSA) is 29.1 Å². The number of aryl methyl sites for hydroxylation is 2. The maximum absolute atomic E-state index is 13.5. The average molecular weight is 489 g/mol. The molecule has 0 aromatic heterocycles. The molecule has 1 aliphatic rings. The van der Waals surface area contributed by atoms with E-state index in [0.717, 1.165) is 70.8 Å². The number of piperidine rings is 1. The fourth-order valence-corrected chi connectivity index (χ4v) is 4.92. The van der Waals surface area contributed by atoms with Gasteiger partial charge in [-0.05, 0) is 50.3 Å². The molecule has 1 fully saturated rings. The molecule has 0 bridgehead atoms. The third-order valence-electron chi connectivity index (χ3n) is 6.23. The monoisotopic (exact) mass is 488 g/mol. The third-order valence-corrected chi connectivity index (χ3v) is 6.60. The summed E-state index contributed by atoms with van der Waals surface area (Å²) in [7, 11) is 0. The summed E-state index contributed by atoms with van der Waals surface area (Å²) in [5, 5.41) is 4.07. The molecule has 2 aromatic rings. The van der Waals surface area contributed by atoms with E-state index in [1.54, 1.807) is 0 Å². The van der Waals surface area contributed by atoms with Crippen molar-refractivity contribution in [1.29, 1.82) is 0 Å². The first-order valence-corrected chi connectivity index (χ1v) is 10.8. The van der Waals surface area contributed by atoms with Crippen LogP contribution in [-0.4, -0.2) is 29.5 Å². The maximum Gasteiger partial charge on any atom is 0.282 e. The zero-order chi connectivity index (χ0) is 20.1. The summed E-state index contributed by atoms with van der Waals surface area (Å²) >= 11 is 6.49. The molecule has 1 radical (unpaired) electrons. The van der Waals surface area contributed by atoms with Gasteiger partial charge in [0.15, 0.2) is 6.04 Å². The predicted octanol–water partition coefficient (Wildman–Crippen LogP) is 5.87. The van der Waals surface area contributed by atoms with Gasteiger partial charge < -0.3 is 9.80 Å². The Labute approximate surface area is 205 Å². The van der Waals surface area contributed by atoms with E-state index in [1.807, 2.05) is 24.3 Å². The van der Waals surface area contributed by atoms with E-state index in [4.69, 9.17) is 11.6 Å². The number of para-hydroxylation sites is 1. The van der Waals surface area contributed by atoms with Crippen LogP contribution < -0.4 is 5.32 Å². The minimum absolute atomic E-state index is 0. The van der Waals surface area contributed by atoms with Crippen molar-refractivity contribution < 1.29 is 42.0 Å². The standard InChI is InChI=1S/C24H31ClN2O.Y/c1-4-22(24(28)26-23-18(2)11-10-12-19(23)3)27(15-8-5-9-16-27)17-20-13-6-7-14-21(20)25;/h6-7,10-14,22H,4-5,8-9,15-17H2,1-3H3;/p+1. The number of halogens is 1. The van der Waals surface area contributed by atoms with Crippen molar-refractivity contribution in [1.82, 2.24) is 0 Å². The zero-order valence-corrected chi connectivity index (χ0v) is 21.5. The molecule has 1 unspecified atom stereocenters. The van der Waals surface area contributed by atoms with Crippen LogP contribution in [0.1, 0.15) is 49.3 Å². The van der Waals surface area contributed by atoms with E-state index >= 15 is 0 Å². The van der Waals surface area contributed by atoms with Crippen LogP contribution in [-0.2, 0) is 44.0 Å². The number of carbonyl (C=O) groups excluding carboxylic acids is 1. The van der Waals surface area contributed by atoms with Crippen LogP contribution in [0.25, 0.3) is 0 Å². The molecule has 1 heterocycles. The maximum atomic E-state index is 13.5. The van der Waals surface area contributed by atoms with Crippen molar-refractivity contribution in [2.45, 2.75) is 59.0 Å². The Morgan fingerprint density at radius 2 is 1.66 bits per heavy atom. The number of anilines is 1. The summed E-state index contributed by atoms with van der Waals surface area (Å²) < 4.78 is 0.803. The zero-order valence-electron chi connectivity index (χ0n) is 17.9. The van der Waals surface area contributed by atoms with Crippen LogP contribution in [0.15, 0.2) is 42.5 Å². The van der Waals surface area contributed by atoms with Crippen molar-refractivity contribution in [2.75, 3.05) is 18.4 Å². The van der Waals surface area contributed by atoms with Crippen LogP contribution in [0.3, 0.4) is 0 Å². The number of nitrogens with one attached hydrogen (secondary N) is 1. The number of rotatable bonds is 6. The van der Waals surface area contributed by atoms with E-state index in [-0.39, 0.29) is 44.7 Å². The molecule has 0 saturated carbocycles. The first-order valence-electron chi connectivity index (χ1n) is 10.4. The largest absolute Gasteiger partial charge is 0.320 e. The van der Waals surface area contributed by atoms with Gasteiger partial charge >= 0.3 is 0 Å². The summed E-state index contributed by atoms with van der Waals surface area (Å²) in [6, 6.07) is 14.1. The van der Waals surface area contributed by atoms with Crippen LogP contribution >= 0.6 is 11.6 Å². The van der Waals surface area contributed by atoms with E-state index in [2.05, 4.69) is 44.3 Å². The van der Waals surface area contributed by atoms with Gasteiger partial charge in [0.1, 0.15) is 6.54 Å². The second-order valence-electron chi connectivity index (χ2n) is 8.16. The molecule has 0 aliphatic carbocycles. The van der Waals surface area contributed by atoms with E-state index in [0.29, 0.717) is 0 Å². The Morgan fingerprint density at radius 1 is 1.03 bits per heavy atom. The summed E-state index contributed by atoms with van der Waals surface area (Å²) in [5.41, 5.74) is 4.32. The van der Waals surface area contributed by atoms with Crippen LogP contribution in [0.2, 0.25) is 5.02 Å². The molecule has 1 aliphatic heterocycles. The van der Waals surface area contributed by atoms with Crippen molar-refractivity contribution in [2.24, 2.45) is 0 Å². The Kier molecular flexibility index (Phi) is 9.34. The van der Waals surface area contributed by atoms with Crippen molar-refractivity contribution >= 4 is 23.2 Å². The van der Waals surface area contributed by atoms with Crippen LogP contribution in [0, 0.1) is 13.8 Å². The number of hydrogen-bond acceptors (Lipinski definition) is 1. The Bertz CT molecular complexity index is 813. The second kappa shape index (κ2) is 11.0. The smallest absolute Gasteiger partial charge is 0.282 e. The number of likely N-dealkylation sites (tertiary alicyclic amines) is 1. The summed E-state index contributed by atoms with van der Waals surface area (Å²) in [4.78, 5) is 13.5. The first kappa shape index (κ1) is 24.5. The summed E-state index contributed by atoms with van der Waals surface area (Å²) in [6.45, 7) is 9.12. The average Bonchev–Trinajstić information content (AvgIpc) is 2.68. The van der Waals surface area contributed by atoms with Gasteiger partial charge in [0.05, 0.1) is 13.1 Å². The quantitative estimate of drug-likeness (QED) is 0.506. The van der Waals surface area contributed by atoms with Gasteiger partial charge in [0, 0.05) is 55.4 Å². The Hall–Kier alpha value is -0.736. The van der Waals surface area contributed by atoms with E-state index < -0.39 is 0 Å². The number of carbonyl (C=O) groups is 1. The number of benzene rings is 2. The Morgan fingerprint density at radius 3 is 2.24 bits per heavy atom. The molecule has 0 spiro atoms. The molecule has 1 N–H and O–H groups in total. The molecule has 1 atom stereocenters. The van der Waals surface area contributed by atoms with Gasteiger partial charge in [-0.2, -0.15) is 0 Å². The van der Waals surface area contributed by atoms with Gasteiger partial charge in [0.2, 0.25) is 0 Å². The molecule has 2 aromatic carbocycles. The summed E-state index contributed by atoms with van der Waals surface area (Å²) in [5.74, 6) is 0.133. The number of hydrogen-bond donors (Lipinski definition) is 1. The van der Waals surface area contributed by atoms with E-state index in [9.17, 15) is 4.79 Å². The molecule has 3 nitrogen and oxygen atoms in total. The minimum Gasteiger partial charge on any atom is -0.320 e. The van der Waals surface area contributed by atoms with Crippen LogP contribution in [0.4, 0.5) is 5.69 Å². The van der Waals surface area contributed by atoms with E-state index in [1.165, 1.54) is 6.42 Å². The van der Waals surface area contributed by atoms with Gasteiger partial charge in [-0.15, -0.1) is 0 Å². The number of quaternary nitrogens is 1. The fourth-order valence-electron chi connectivity index (χ4n) is 4.73. The van der Waals surface area contributed by atoms with Crippen molar-refractivity contribution in [3.63, 3.8) is 0 Å². The van der Waals surface area contributed by atoms with Gasteiger partial charge in [-0.3, -0.25) is 4.79 Å². The third kappa shape index (κ3) is 5.70. The Balaban J connectivity index is 0.00000300. The molecule has 1 saturated heterocycles. The molecule has 29 heavy (non-hydrogen) atoms. The number of nitrogens with zero attached hydrogens (tertiary/aromatic N) is 1.